The molecule has 1 heterocycles. The summed E-state index contributed by atoms with van der Waals surface area (Å²) < 4.78 is 10.6. The summed E-state index contributed by atoms with van der Waals surface area (Å²) >= 11 is 1.51. The van der Waals surface area contributed by atoms with Gasteiger partial charge in [0.25, 0.3) is 0 Å². The Balaban J connectivity index is 1.79. The predicted octanol–water partition coefficient (Wildman–Crippen LogP) is 4.77. The highest BCUT2D eigenvalue weighted by atomic mass is 32.1. The number of ketones is 1. The monoisotopic (exact) mass is 354 g/mol. The molecule has 0 aliphatic heterocycles. The van der Waals surface area contributed by atoms with Gasteiger partial charge in [-0.3, -0.25) is 4.79 Å². The second-order valence-electron chi connectivity index (χ2n) is 5.37. The predicted molar refractivity (Wildman–Crippen MR) is 100 cm³/mol. The average molecular weight is 354 g/mol. The van der Waals surface area contributed by atoms with Gasteiger partial charge in [0.1, 0.15) is 0 Å². The third kappa shape index (κ3) is 3.80. The molecule has 0 atom stereocenters. The number of carbonyl (C=O) groups excluding carboxylic acids is 1. The molecule has 1 aromatic heterocycles. The minimum atomic E-state index is 0.0523. The van der Waals surface area contributed by atoms with E-state index in [1.165, 1.54) is 11.3 Å². The van der Waals surface area contributed by atoms with Gasteiger partial charge in [-0.05, 0) is 49.4 Å². The number of thiazole rings is 1. The summed E-state index contributed by atoms with van der Waals surface area (Å²) in [6.45, 7) is 1.55. The summed E-state index contributed by atoms with van der Waals surface area (Å²) in [4.78, 5) is 15.9. The number of aromatic nitrogens is 1. The molecule has 128 valence electrons. The molecule has 0 amide bonds. The van der Waals surface area contributed by atoms with E-state index >= 15 is 0 Å². The van der Waals surface area contributed by atoms with Crippen molar-refractivity contribution < 1.29 is 14.3 Å². The molecular weight excluding hydrogens is 336 g/mol. The zero-order valence-corrected chi connectivity index (χ0v) is 15.0. The van der Waals surface area contributed by atoms with E-state index < -0.39 is 0 Å². The van der Waals surface area contributed by atoms with Crippen molar-refractivity contribution in [1.29, 1.82) is 0 Å². The molecule has 5 nitrogen and oxygen atoms in total. The molecule has 3 aromatic rings. The van der Waals surface area contributed by atoms with Crippen molar-refractivity contribution >= 4 is 27.9 Å². The lowest BCUT2D eigenvalue weighted by Crippen LogP contribution is -1.94. The number of nitrogens with zero attached hydrogens (tertiary/aromatic N) is 1. The Labute approximate surface area is 150 Å². The highest BCUT2D eigenvalue weighted by Gasteiger charge is 2.09. The zero-order chi connectivity index (χ0) is 17.8. The molecular formula is C19H18N2O3S. The first-order valence-corrected chi connectivity index (χ1v) is 8.54. The number of hydrogen-bond acceptors (Lipinski definition) is 6. The molecule has 1 N–H and O–H groups in total. The van der Waals surface area contributed by atoms with Crippen molar-refractivity contribution in [3.8, 4) is 22.8 Å². The summed E-state index contributed by atoms with van der Waals surface area (Å²) in [5, 5.41) is 6.01. The number of nitrogens with one attached hydrogen (secondary N) is 1. The number of hydrogen-bond donors (Lipinski definition) is 1. The van der Waals surface area contributed by atoms with E-state index in [2.05, 4.69) is 10.3 Å². The van der Waals surface area contributed by atoms with Gasteiger partial charge < -0.3 is 14.8 Å². The van der Waals surface area contributed by atoms with Crippen molar-refractivity contribution in [1.82, 2.24) is 4.98 Å². The molecule has 0 spiro atoms. The molecule has 0 unspecified atom stereocenters. The Bertz CT molecular complexity index is 888. The molecule has 0 saturated heterocycles. The van der Waals surface area contributed by atoms with Gasteiger partial charge in [-0.15, -0.1) is 11.3 Å². The number of benzene rings is 2. The maximum atomic E-state index is 11.3. The smallest absolute Gasteiger partial charge is 0.187 e. The van der Waals surface area contributed by atoms with Crippen LogP contribution in [0.4, 0.5) is 10.8 Å². The molecule has 6 heteroatoms. The molecule has 2 aromatic carbocycles. The van der Waals surface area contributed by atoms with E-state index in [0.29, 0.717) is 17.1 Å². The second-order valence-corrected chi connectivity index (χ2v) is 6.22. The number of ether oxygens (including phenoxy) is 2. The van der Waals surface area contributed by atoms with Crippen LogP contribution in [0.3, 0.4) is 0 Å². The van der Waals surface area contributed by atoms with Crippen molar-refractivity contribution in [2.75, 3.05) is 19.5 Å². The number of anilines is 2. The molecule has 25 heavy (non-hydrogen) atoms. The molecule has 0 bridgehead atoms. The fourth-order valence-corrected chi connectivity index (χ4v) is 3.11. The van der Waals surface area contributed by atoms with E-state index in [9.17, 15) is 4.79 Å². The first-order chi connectivity index (χ1) is 12.1. The van der Waals surface area contributed by atoms with E-state index in [-0.39, 0.29) is 5.78 Å². The highest BCUT2D eigenvalue weighted by molar-refractivity contribution is 7.14. The van der Waals surface area contributed by atoms with Gasteiger partial charge in [0.2, 0.25) is 0 Å². The molecule has 0 aliphatic carbocycles. The lowest BCUT2D eigenvalue weighted by atomic mass is 10.1. The maximum Gasteiger partial charge on any atom is 0.187 e. The zero-order valence-electron chi connectivity index (χ0n) is 14.2. The van der Waals surface area contributed by atoms with Gasteiger partial charge in [-0.25, -0.2) is 4.98 Å². The van der Waals surface area contributed by atoms with Crippen LogP contribution in [0.2, 0.25) is 0 Å². The van der Waals surface area contributed by atoms with Crippen LogP contribution in [-0.4, -0.2) is 25.0 Å². The second kappa shape index (κ2) is 7.36. The Morgan fingerprint density at radius 2 is 1.76 bits per heavy atom. The largest absolute Gasteiger partial charge is 0.493 e. The van der Waals surface area contributed by atoms with Crippen LogP contribution in [0.1, 0.15) is 17.3 Å². The molecule has 0 aliphatic rings. The maximum absolute atomic E-state index is 11.3. The van der Waals surface area contributed by atoms with Crippen LogP contribution < -0.4 is 14.8 Å². The summed E-state index contributed by atoms with van der Waals surface area (Å²) in [6.07, 6.45) is 0. The quantitative estimate of drug-likeness (QED) is 0.646. The average Bonchev–Trinajstić information content (AvgIpc) is 3.10. The summed E-state index contributed by atoms with van der Waals surface area (Å²) in [5.41, 5.74) is 3.39. The number of Topliss-reactive ketones (excluding diaryl/α,β-unsaturated/α-hetero) is 1. The first kappa shape index (κ1) is 17.0. The highest BCUT2D eigenvalue weighted by Crippen LogP contribution is 2.34. The number of carbonyl (C=O) groups is 1. The van der Waals surface area contributed by atoms with Crippen molar-refractivity contribution in [2.24, 2.45) is 0 Å². The van der Waals surface area contributed by atoms with Crippen LogP contribution in [0, 0.1) is 0 Å². The number of rotatable bonds is 6. The number of methoxy groups -OCH3 is 2. The molecule has 0 saturated carbocycles. The minimum Gasteiger partial charge on any atom is -0.493 e. The van der Waals surface area contributed by atoms with E-state index in [1.807, 2.05) is 35.7 Å². The molecule has 0 radical (unpaired) electrons. The van der Waals surface area contributed by atoms with Gasteiger partial charge in [-0.1, -0.05) is 0 Å². The van der Waals surface area contributed by atoms with Gasteiger partial charge in [0.05, 0.1) is 19.9 Å². The van der Waals surface area contributed by atoms with E-state index in [1.54, 1.807) is 33.3 Å². The van der Waals surface area contributed by atoms with Crippen LogP contribution >= 0.6 is 11.3 Å². The van der Waals surface area contributed by atoms with Crippen LogP contribution in [-0.2, 0) is 0 Å². The minimum absolute atomic E-state index is 0.0523. The lowest BCUT2D eigenvalue weighted by Gasteiger charge is -2.08. The van der Waals surface area contributed by atoms with Gasteiger partial charge >= 0.3 is 0 Å². The third-order valence-electron chi connectivity index (χ3n) is 3.73. The topological polar surface area (TPSA) is 60.5 Å². The fraction of sp³-hybridized carbons (Fsp3) is 0.158. The Kier molecular flexibility index (Phi) is 5.00. The van der Waals surface area contributed by atoms with Crippen LogP contribution in [0.15, 0.2) is 47.8 Å². The van der Waals surface area contributed by atoms with Crippen molar-refractivity contribution in [3.05, 3.63) is 53.4 Å². The van der Waals surface area contributed by atoms with Crippen molar-refractivity contribution in [2.45, 2.75) is 6.92 Å². The summed E-state index contributed by atoms with van der Waals surface area (Å²) in [6, 6.07) is 13.0. The Morgan fingerprint density at radius 3 is 2.40 bits per heavy atom. The lowest BCUT2D eigenvalue weighted by molar-refractivity contribution is 0.101. The summed E-state index contributed by atoms with van der Waals surface area (Å²) in [5.74, 6) is 1.41. The standard InChI is InChI=1S/C19H18N2O3S/c1-12(22)13-4-7-15(8-5-13)20-19-21-16(11-25-19)14-6-9-17(23-2)18(10-14)24-3/h4-11H,1-3H3,(H,20,21). The SMILES string of the molecule is COc1ccc(-c2csc(Nc3ccc(C(C)=O)cc3)n2)cc1OC. The van der Waals surface area contributed by atoms with Gasteiger partial charge in [0, 0.05) is 22.2 Å². The first-order valence-electron chi connectivity index (χ1n) is 7.66. The van der Waals surface area contributed by atoms with Crippen molar-refractivity contribution in [3.63, 3.8) is 0 Å². The van der Waals surface area contributed by atoms with E-state index in [4.69, 9.17) is 9.47 Å². The third-order valence-corrected chi connectivity index (χ3v) is 4.48. The summed E-state index contributed by atoms with van der Waals surface area (Å²) in [7, 11) is 3.22. The van der Waals surface area contributed by atoms with Crippen LogP contribution in [0.5, 0.6) is 11.5 Å². The van der Waals surface area contributed by atoms with Gasteiger partial charge in [-0.2, -0.15) is 0 Å². The van der Waals surface area contributed by atoms with Gasteiger partial charge in [0.15, 0.2) is 22.4 Å². The normalized spacial score (nSPS) is 10.4. The molecule has 3 rings (SSSR count). The Hall–Kier alpha value is -2.86. The van der Waals surface area contributed by atoms with Crippen LogP contribution in [0.25, 0.3) is 11.3 Å². The van der Waals surface area contributed by atoms with E-state index in [0.717, 1.165) is 22.1 Å². The fourth-order valence-electron chi connectivity index (χ4n) is 2.37. The molecule has 0 fully saturated rings. The Morgan fingerprint density at radius 1 is 1.04 bits per heavy atom.